The fourth-order valence-electron chi connectivity index (χ4n) is 3.42. The number of nitrogens with zero attached hydrogens (tertiary/aromatic N) is 5. The molecule has 12 heteroatoms. The summed E-state index contributed by atoms with van der Waals surface area (Å²) < 4.78 is 66.3. The molecular formula is C22H18F5N7. The van der Waals surface area contributed by atoms with Gasteiger partial charge in [-0.1, -0.05) is 12.0 Å². The summed E-state index contributed by atoms with van der Waals surface area (Å²) in [6, 6.07) is 6.57. The summed E-state index contributed by atoms with van der Waals surface area (Å²) in [5.74, 6) is 2.76. The van der Waals surface area contributed by atoms with Gasteiger partial charge in [0.25, 0.3) is 0 Å². The summed E-state index contributed by atoms with van der Waals surface area (Å²) in [5.41, 5.74) is -0.262. The van der Waals surface area contributed by atoms with Gasteiger partial charge in [0.05, 0.1) is 0 Å². The van der Waals surface area contributed by atoms with Crippen molar-refractivity contribution in [2.24, 2.45) is 0 Å². The highest BCUT2D eigenvalue weighted by atomic mass is 19.4. The van der Waals surface area contributed by atoms with E-state index in [0.717, 1.165) is 12.3 Å². The Hall–Kier alpha value is -3.88. The molecule has 1 saturated carbocycles. The highest BCUT2D eigenvalue weighted by molar-refractivity contribution is 5.59. The van der Waals surface area contributed by atoms with Crippen LogP contribution in [-0.4, -0.2) is 36.9 Å². The zero-order valence-corrected chi connectivity index (χ0v) is 17.8. The van der Waals surface area contributed by atoms with Gasteiger partial charge in [-0.15, -0.1) is 0 Å². The van der Waals surface area contributed by atoms with E-state index in [-0.39, 0.29) is 42.7 Å². The van der Waals surface area contributed by atoms with Gasteiger partial charge < -0.3 is 10.6 Å². The Kier molecular flexibility index (Phi) is 6.28. The molecular weight excluding hydrogens is 457 g/mol. The third-order valence-electron chi connectivity index (χ3n) is 4.91. The van der Waals surface area contributed by atoms with Crippen molar-refractivity contribution in [1.29, 1.82) is 0 Å². The molecule has 34 heavy (non-hydrogen) atoms. The van der Waals surface area contributed by atoms with Crippen LogP contribution < -0.4 is 10.6 Å². The summed E-state index contributed by atoms with van der Waals surface area (Å²) in [5, 5.41) is 5.58. The Bertz CT molecular complexity index is 1250. The van der Waals surface area contributed by atoms with E-state index in [9.17, 15) is 22.0 Å². The first-order valence-electron chi connectivity index (χ1n) is 10.2. The van der Waals surface area contributed by atoms with Crippen LogP contribution in [0.4, 0.5) is 39.5 Å². The fourth-order valence-corrected chi connectivity index (χ4v) is 3.42. The number of rotatable bonds is 5. The van der Waals surface area contributed by atoms with Crippen molar-refractivity contribution in [3.05, 3.63) is 47.9 Å². The minimum absolute atomic E-state index is 0.00548. The summed E-state index contributed by atoms with van der Waals surface area (Å²) in [6.45, 7) is 1.66. The van der Waals surface area contributed by atoms with Crippen molar-refractivity contribution in [1.82, 2.24) is 24.9 Å². The molecule has 0 unspecified atom stereocenters. The highest BCUT2D eigenvalue weighted by Gasteiger charge is 2.39. The predicted molar refractivity (Wildman–Crippen MR) is 114 cm³/mol. The van der Waals surface area contributed by atoms with Crippen LogP contribution in [-0.2, 0) is 6.18 Å². The normalized spacial score (nSPS) is 17.1. The smallest absolute Gasteiger partial charge is 0.351 e. The molecule has 0 spiro atoms. The van der Waals surface area contributed by atoms with Gasteiger partial charge in [0.2, 0.25) is 17.8 Å². The van der Waals surface area contributed by atoms with Crippen LogP contribution in [0.15, 0.2) is 36.5 Å². The van der Waals surface area contributed by atoms with E-state index < -0.39 is 23.8 Å². The second-order valence-corrected chi connectivity index (χ2v) is 7.58. The van der Waals surface area contributed by atoms with E-state index >= 15 is 0 Å². The van der Waals surface area contributed by atoms with E-state index in [0.29, 0.717) is 11.4 Å². The number of pyridine rings is 2. The van der Waals surface area contributed by atoms with Crippen molar-refractivity contribution in [2.45, 2.75) is 44.3 Å². The number of hydrogen-bond acceptors (Lipinski definition) is 7. The zero-order chi connectivity index (χ0) is 24.3. The summed E-state index contributed by atoms with van der Waals surface area (Å²) in [7, 11) is 0. The van der Waals surface area contributed by atoms with Crippen LogP contribution in [0, 0.1) is 11.8 Å². The van der Waals surface area contributed by atoms with Crippen molar-refractivity contribution >= 4 is 17.6 Å². The molecule has 1 fully saturated rings. The lowest BCUT2D eigenvalue weighted by molar-refractivity contribution is -0.141. The Morgan fingerprint density at radius 3 is 2.56 bits per heavy atom. The minimum Gasteiger partial charge on any atom is -0.351 e. The second-order valence-electron chi connectivity index (χ2n) is 7.58. The average Bonchev–Trinajstić information content (AvgIpc) is 3.11. The summed E-state index contributed by atoms with van der Waals surface area (Å²) in [6.07, 6.45) is -4.05. The SMILES string of the molecule is CC#Cc1cccc(-c2nc(Nc3ccnc(C(F)(F)F)c3)nc(N[C@@H]3CCC(F)(F)C3)n2)n1. The van der Waals surface area contributed by atoms with Crippen molar-refractivity contribution in [3.8, 4) is 23.4 Å². The third-order valence-corrected chi connectivity index (χ3v) is 4.91. The Morgan fingerprint density at radius 2 is 1.85 bits per heavy atom. The van der Waals surface area contributed by atoms with Gasteiger partial charge in [0.1, 0.15) is 17.1 Å². The predicted octanol–water partition coefficient (Wildman–Crippen LogP) is 5.06. The lowest BCUT2D eigenvalue weighted by Crippen LogP contribution is -2.21. The fraction of sp³-hybridized carbons (Fsp3) is 0.318. The zero-order valence-electron chi connectivity index (χ0n) is 17.8. The van der Waals surface area contributed by atoms with Gasteiger partial charge in [0, 0.05) is 30.8 Å². The van der Waals surface area contributed by atoms with Crippen LogP contribution in [0.2, 0.25) is 0 Å². The molecule has 3 aromatic rings. The Balaban J connectivity index is 1.70. The molecule has 1 atom stereocenters. The maximum atomic E-state index is 13.6. The van der Waals surface area contributed by atoms with Crippen LogP contribution in [0.5, 0.6) is 0 Å². The van der Waals surface area contributed by atoms with Gasteiger partial charge in [-0.2, -0.15) is 28.1 Å². The molecule has 1 aliphatic carbocycles. The minimum atomic E-state index is -4.63. The quantitative estimate of drug-likeness (QED) is 0.394. The first kappa shape index (κ1) is 23.3. The largest absolute Gasteiger partial charge is 0.433 e. The molecule has 0 amide bonds. The number of halogens is 5. The second kappa shape index (κ2) is 9.17. The molecule has 2 N–H and O–H groups in total. The molecule has 1 aliphatic rings. The summed E-state index contributed by atoms with van der Waals surface area (Å²) in [4.78, 5) is 20.4. The Morgan fingerprint density at radius 1 is 1.06 bits per heavy atom. The molecule has 7 nitrogen and oxygen atoms in total. The van der Waals surface area contributed by atoms with Gasteiger partial charge in [-0.05, 0) is 43.5 Å². The number of aromatic nitrogens is 5. The van der Waals surface area contributed by atoms with Gasteiger partial charge in [-0.3, -0.25) is 4.98 Å². The van der Waals surface area contributed by atoms with Gasteiger partial charge >= 0.3 is 6.18 Å². The van der Waals surface area contributed by atoms with Gasteiger partial charge in [-0.25, -0.2) is 13.8 Å². The van der Waals surface area contributed by atoms with Crippen molar-refractivity contribution in [3.63, 3.8) is 0 Å². The first-order chi connectivity index (χ1) is 16.1. The number of nitrogens with one attached hydrogen (secondary N) is 2. The van der Waals surface area contributed by atoms with E-state index in [4.69, 9.17) is 0 Å². The average molecular weight is 475 g/mol. The molecule has 0 aliphatic heterocycles. The van der Waals surface area contributed by atoms with Crippen LogP contribution in [0.25, 0.3) is 11.5 Å². The van der Waals surface area contributed by atoms with E-state index in [1.54, 1.807) is 25.1 Å². The van der Waals surface area contributed by atoms with Crippen LogP contribution in [0.3, 0.4) is 0 Å². The monoisotopic (exact) mass is 475 g/mol. The lowest BCUT2D eigenvalue weighted by atomic mass is 10.2. The molecule has 0 saturated heterocycles. The van der Waals surface area contributed by atoms with E-state index in [1.807, 2.05) is 0 Å². The topological polar surface area (TPSA) is 88.5 Å². The molecule has 3 aromatic heterocycles. The Labute approximate surface area is 191 Å². The third kappa shape index (κ3) is 5.72. The van der Waals surface area contributed by atoms with Crippen molar-refractivity contribution in [2.75, 3.05) is 10.6 Å². The lowest BCUT2D eigenvalue weighted by Gasteiger charge is -2.15. The molecule has 3 heterocycles. The summed E-state index contributed by atoms with van der Waals surface area (Å²) >= 11 is 0. The molecule has 0 bridgehead atoms. The number of hydrogen-bond donors (Lipinski definition) is 2. The molecule has 176 valence electrons. The van der Waals surface area contributed by atoms with E-state index in [2.05, 4.69) is 47.4 Å². The standard InChI is InChI=1S/C22H18F5N7/c1-2-4-13-5-3-6-16(29-13)18-32-19(30-14-8-10-28-17(11-14)22(25,26)27)34-20(33-18)31-15-7-9-21(23,24)12-15/h3,5-6,8,10-11,15H,7,9,12H2,1H3,(H2,28,30,31,32,33,34)/t15-/m1/s1. The first-order valence-corrected chi connectivity index (χ1v) is 10.2. The highest BCUT2D eigenvalue weighted by Crippen LogP contribution is 2.36. The number of anilines is 3. The number of alkyl halides is 5. The van der Waals surface area contributed by atoms with E-state index in [1.165, 1.54) is 6.07 Å². The maximum absolute atomic E-state index is 13.6. The van der Waals surface area contributed by atoms with Crippen LogP contribution in [0.1, 0.15) is 37.6 Å². The molecule has 0 radical (unpaired) electrons. The molecule has 0 aromatic carbocycles. The maximum Gasteiger partial charge on any atom is 0.433 e. The van der Waals surface area contributed by atoms with Crippen LogP contribution >= 0.6 is 0 Å². The molecule has 4 rings (SSSR count). The van der Waals surface area contributed by atoms with Crippen molar-refractivity contribution < 1.29 is 22.0 Å². The van der Waals surface area contributed by atoms with Gasteiger partial charge in [0.15, 0.2) is 5.82 Å².